The lowest BCUT2D eigenvalue weighted by Gasteiger charge is -2.23. The zero-order valence-corrected chi connectivity index (χ0v) is 14.2. The Morgan fingerprint density at radius 3 is 2.79 bits per heavy atom. The number of nitrogens with one attached hydrogen (secondary N) is 1. The van der Waals surface area contributed by atoms with Gasteiger partial charge in [0.2, 0.25) is 0 Å². The third kappa shape index (κ3) is 3.61. The average molecular weight is 326 g/mol. The van der Waals surface area contributed by atoms with Crippen LogP contribution in [0.5, 0.6) is 5.75 Å². The van der Waals surface area contributed by atoms with Crippen LogP contribution in [0, 0.1) is 5.92 Å². The molecule has 7 heteroatoms. The molecule has 1 unspecified atom stereocenters. The maximum absolute atomic E-state index is 5.80. The van der Waals surface area contributed by atoms with Crippen LogP contribution in [-0.2, 0) is 0 Å². The number of nitrogens with zero attached hydrogens (tertiary/aromatic N) is 5. The molecule has 0 spiro atoms. The van der Waals surface area contributed by atoms with Crippen LogP contribution in [0.3, 0.4) is 0 Å². The van der Waals surface area contributed by atoms with Crippen molar-refractivity contribution in [2.75, 3.05) is 11.9 Å². The van der Waals surface area contributed by atoms with E-state index in [0.717, 1.165) is 23.6 Å². The van der Waals surface area contributed by atoms with E-state index in [1.807, 2.05) is 37.3 Å². The minimum absolute atomic E-state index is 0.0918. The summed E-state index contributed by atoms with van der Waals surface area (Å²) in [5, 5.41) is 19.3. The highest BCUT2D eigenvalue weighted by Gasteiger charge is 2.18. The van der Waals surface area contributed by atoms with Crippen molar-refractivity contribution in [2.24, 2.45) is 5.92 Å². The van der Waals surface area contributed by atoms with Crippen LogP contribution < -0.4 is 10.1 Å². The molecule has 126 valence electrons. The molecule has 3 aromatic rings. The summed E-state index contributed by atoms with van der Waals surface area (Å²) in [6.45, 7) is 7.04. The number of tetrazole rings is 1. The molecular formula is C17H22N6O. The lowest BCUT2D eigenvalue weighted by atomic mass is 9.96. The fourth-order valence-corrected chi connectivity index (χ4v) is 2.70. The van der Waals surface area contributed by atoms with Crippen molar-refractivity contribution < 1.29 is 4.74 Å². The Bertz CT molecular complexity index is 800. The van der Waals surface area contributed by atoms with E-state index < -0.39 is 0 Å². The first kappa shape index (κ1) is 16.2. The standard InChI is InChI=1S/C17H22N6O/c1-4-24-15-8-6-5-7-13(15)14(11-12(2)3)18-16-9-10-17-19-21-22-23(17)20-16/h5-10,12,14H,4,11H2,1-3H3,(H,18,20). The molecule has 24 heavy (non-hydrogen) atoms. The summed E-state index contributed by atoms with van der Waals surface area (Å²) in [6.07, 6.45) is 0.958. The Kier molecular flexibility index (Phi) is 4.88. The topological polar surface area (TPSA) is 77.2 Å². The van der Waals surface area contributed by atoms with Crippen LogP contribution in [0.1, 0.15) is 38.8 Å². The maximum atomic E-state index is 5.80. The quantitative estimate of drug-likeness (QED) is 0.719. The first-order chi connectivity index (χ1) is 11.7. The zero-order chi connectivity index (χ0) is 16.9. The SMILES string of the molecule is CCOc1ccccc1C(CC(C)C)Nc1ccc2nnnn2n1. The van der Waals surface area contributed by atoms with Crippen LogP contribution in [0.2, 0.25) is 0 Å². The normalized spacial score (nSPS) is 12.5. The summed E-state index contributed by atoms with van der Waals surface area (Å²) in [5.74, 6) is 2.15. The molecule has 1 N–H and O–H groups in total. The molecule has 3 rings (SSSR count). The van der Waals surface area contributed by atoms with Gasteiger partial charge < -0.3 is 10.1 Å². The number of hydrogen-bond acceptors (Lipinski definition) is 6. The molecule has 0 fully saturated rings. The second-order valence-electron chi connectivity index (χ2n) is 6.04. The molecule has 2 heterocycles. The van der Waals surface area contributed by atoms with Crippen LogP contribution >= 0.6 is 0 Å². The Balaban J connectivity index is 1.91. The zero-order valence-electron chi connectivity index (χ0n) is 14.2. The third-order valence-electron chi connectivity index (χ3n) is 3.69. The monoisotopic (exact) mass is 326 g/mol. The van der Waals surface area contributed by atoms with E-state index in [1.165, 1.54) is 4.63 Å². The van der Waals surface area contributed by atoms with Crippen molar-refractivity contribution in [3.05, 3.63) is 42.0 Å². The van der Waals surface area contributed by atoms with Crippen molar-refractivity contribution in [1.82, 2.24) is 25.3 Å². The summed E-state index contributed by atoms with van der Waals surface area (Å²) in [4.78, 5) is 0. The maximum Gasteiger partial charge on any atom is 0.200 e. The molecule has 0 aliphatic carbocycles. The molecular weight excluding hydrogens is 304 g/mol. The number of aromatic nitrogens is 5. The van der Waals surface area contributed by atoms with Crippen molar-refractivity contribution in [1.29, 1.82) is 0 Å². The minimum Gasteiger partial charge on any atom is -0.494 e. The molecule has 0 saturated carbocycles. The number of anilines is 1. The minimum atomic E-state index is 0.0918. The molecule has 1 aromatic carbocycles. The van der Waals surface area contributed by atoms with E-state index in [0.29, 0.717) is 18.2 Å². The van der Waals surface area contributed by atoms with Crippen LogP contribution in [0.25, 0.3) is 5.65 Å². The molecule has 0 radical (unpaired) electrons. The Labute approximate surface area is 141 Å². The van der Waals surface area contributed by atoms with E-state index in [9.17, 15) is 0 Å². The largest absolute Gasteiger partial charge is 0.494 e. The highest BCUT2D eigenvalue weighted by Crippen LogP contribution is 2.32. The predicted molar refractivity (Wildman–Crippen MR) is 92.0 cm³/mol. The average Bonchev–Trinajstić information content (AvgIpc) is 3.02. The molecule has 7 nitrogen and oxygen atoms in total. The van der Waals surface area contributed by atoms with Gasteiger partial charge in [0.05, 0.1) is 12.6 Å². The summed E-state index contributed by atoms with van der Waals surface area (Å²) >= 11 is 0. The number of hydrogen-bond donors (Lipinski definition) is 1. The number of ether oxygens (including phenoxy) is 1. The van der Waals surface area contributed by atoms with Gasteiger partial charge >= 0.3 is 0 Å². The van der Waals surface area contributed by atoms with Crippen molar-refractivity contribution >= 4 is 11.5 Å². The summed E-state index contributed by atoms with van der Waals surface area (Å²) in [6, 6.07) is 12.0. The summed E-state index contributed by atoms with van der Waals surface area (Å²) in [7, 11) is 0. The van der Waals surface area contributed by atoms with E-state index in [2.05, 4.69) is 45.9 Å². The van der Waals surface area contributed by atoms with Gasteiger partial charge in [0.15, 0.2) is 5.65 Å². The summed E-state index contributed by atoms with van der Waals surface area (Å²) < 4.78 is 7.22. The number of para-hydroxylation sites is 1. The van der Waals surface area contributed by atoms with E-state index in [1.54, 1.807) is 0 Å². The molecule has 2 aromatic heterocycles. The second-order valence-corrected chi connectivity index (χ2v) is 6.04. The highest BCUT2D eigenvalue weighted by molar-refractivity contribution is 5.46. The Morgan fingerprint density at radius 1 is 1.17 bits per heavy atom. The van der Waals surface area contributed by atoms with Crippen LogP contribution in [-0.4, -0.2) is 31.9 Å². The molecule has 0 saturated heterocycles. The number of fused-ring (bicyclic) bond motifs is 1. The summed E-state index contributed by atoms with van der Waals surface area (Å²) in [5.41, 5.74) is 1.75. The molecule has 1 atom stereocenters. The number of rotatable bonds is 7. The van der Waals surface area contributed by atoms with E-state index >= 15 is 0 Å². The van der Waals surface area contributed by atoms with Gasteiger partial charge in [0.1, 0.15) is 11.6 Å². The van der Waals surface area contributed by atoms with Gasteiger partial charge in [-0.05, 0) is 47.9 Å². The fraction of sp³-hybridized carbons (Fsp3) is 0.412. The molecule has 0 aliphatic heterocycles. The van der Waals surface area contributed by atoms with Gasteiger partial charge in [-0.1, -0.05) is 32.0 Å². The van der Waals surface area contributed by atoms with Gasteiger partial charge in [-0.15, -0.1) is 14.8 Å². The lowest BCUT2D eigenvalue weighted by Crippen LogP contribution is -2.16. The van der Waals surface area contributed by atoms with Crippen molar-refractivity contribution in [3.63, 3.8) is 0 Å². The molecule has 0 aliphatic rings. The number of benzene rings is 1. The third-order valence-corrected chi connectivity index (χ3v) is 3.69. The molecule has 0 amide bonds. The van der Waals surface area contributed by atoms with E-state index in [-0.39, 0.29) is 6.04 Å². The van der Waals surface area contributed by atoms with Crippen molar-refractivity contribution in [2.45, 2.75) is 33.2 Å². The highest BCUT2D eigenvalue weighted by atomic mass is 16.5. The van der Waals surface area contributed by atoms with Gasteiger partial charge in [0.25, 0.3) is 0 Å². The Hall–Kier alpha value is -2.70. The van der Waals surface area contributed by atoms with Crippen LogP contribution in [0.4, 0.5) is 5.82 Å². The first-order valence-electron chi connectivity index (χ1n) is 8.21. The lowest BCUT2D eigenvalue weighted by molar-refractivity contribution is 0.333. The van der Waals surface area contributed by atoms with Gasteiger partial charge in [-0.2, -0.15) is 0 Å². The first-order valence-corrected chi connectivity index (χ1v) is 8.21. The van der Waals surface area contributed by atoms with Gasteiger partial charge in [-0.25, -0.2) is 0 Å². The van der Waals surface area contributed by atoms with Crippen molar-refractivity contribution in [3.8, 4) is 5.75 Å². The van der Waals surface area contributed by atoms with Gasteiger partial charge in [-0.3, -0.25) is 0 Å². The van der Waals surface area contributed by atoms with E-state index in [4.69, 9.17) is 4.74 Å². The molecule has 0 bridgehead atoms. The van der Waals surface area contributed by atoms with Crippen LogP contribution in [0.15, 0.2) is 36.4 Å². The Morgan fingerprint density at radius 2 is 2.00 bits per heavy atom. The van der Waals surface area contributed by atoms with Gasteiger partial charge in [0, 0.05) is 5.56 Å². The fourth-order valence-electron chi connectivity index (χ4n) is 2.70. The smallest absolute Gasteiger partial charge is 0.200 e. The second kappa shape index (κ2) is 7.25. The predicted octanol–water partition coefficient (Wildman–Crippen LogP) is 3.12.